The number of aryl methyl sites for hydroxylation is 1. The Bertz CT molecular complexity index is 384. The van der Waals surface area contributed by atoms with E-state index >= 15 is 0 Å². The first-order chi connectivity index (χ1) is 8.01. The van der Waals surface area contributed by atoms with E-state index in [2.05, 4.69) is 4.98 Å². The molecule has 1 N–H and O–H groups in total. The molecule has 18 heavy (non-hydrogen) atoms. The molecule has 1 aromatic rings. The fourth-order valence-electron chi connectivity index (χ4n) is 1.42. The molecule has 1 unspecified atom stereocenters. The third kappa shape index (κ3) is 3.84. The van der Waals surface area contributed by atoms with Crippen LogP contribution in [0.15, 0.2) is 5.38 Å². The average molecular weight is 293 g/mol. The zero-order valence-electron chi connectivity index (χ0n) is 9.01. The number of hydrogen-bond acceptors (Lipinski definition) is 3. The van der Waals surface area contributed by atoms with Crippen molar-refractivity contribution >= 4 is 11.3 Å². The molecule has 0 aliphatic rings. The zero-order chi connectivity index (χ0) is 14.1. The average Bonchev–Trinajstić information content (AvgIpc) is 2.44. The Morgan fingerprint density at radius 2 is 1.72 bits per heavy atom. The minimum Gasteiger partial charge on any atom is -0.392 e. The van der Waals surface area contributed by atoms with E-state index in [0.29, 0.717) is 5.69 Å². The Morgan fingerprint density at radius 1 is 1.22 bits per heavy atom. The number of nitrogens with zero attached hydrogens (tertiary/aromatic N) is 1. The topological polar surface area (TPSA) is 33.1 Å². The van der Waals surface area contributed by atoms with Crippen LogP contribution in [0.25, 0.3) is 0 Å². The smallest absolute Gasteiger partial charge is 0.392 e. The van der Waals surface area contributed by atoms with Gasteiger partial charge in [-0.05, 0) is 6.92 Å². The van der Waals surface area contributed by atoms with Gasteiger partial charge in [-0.25, -0.2) is 4.98 Å². The molecule has 1 aromatic heterocycles. The van der Waals surface area contributed by atoms with E-state index in [9.17, 15) is 26.3 Å². The molecular formula is C9H9F6NOS. The molecular weight excluding hydrogens is 284 g/mol. The minimum atomic E-state index is -5.54. The first-order valence-electron chi connectivity index (χ1n) is 4.74. The Balaban J connectivity index is 2.87. The van der Waals surface area contributed by atoms with Gasteiger partial charge < -0.3 is 5.11 Å². The van der Waals surface area contributed by atoms with E-state index in [0.717, 1.165) is 11.3 Å². The lowest BCUT2D eigenvalue weighted by Gasteiger charge is -2.26. The lowest BCUT2D eigenvalue weighted by atomic mass is 9.99. The predicted octanol–water partition coefficient (Wildman–Crippen LogP) is 3.10. The molecule has 0 radical (unpaired) electrons. The second kappa shape index (κ2) is 5.04. The molecule has 1 rings (SSSR count). The SMILES string of the molecule is Cc1csc(CC(O)C(C(F)(F)F)C(F)(F)F)n1. The number of hydrogen-bond donors (Lipinski definition) is 1. The van der Waals surface area contributed by atoms with Crippen molar-refractivity contribution in [3.05, 3.63) is 16.1 Å². The van der Waals surface area contributed by atoms with Gasteiger partial charge in [-0.1, -0.05) is 0 Å². The van der Waals surface area contributed by atoms with E-state index in [1.807, 2.05) is 0 Å². The molecule has 0 aromatic carbocycles. The van der Waals surface area contributed by atoms with Crippen molar-refractivity contribution in [3.8, 4) is 0 Å². The molecule has 0 saturated heterocycles. The zero-order valence-corrected chi connectivity index (χ0v) is 9.83. The highest BCUT2D eigenvalue weighted by atomic mass is 32.1. The molecule has 0 bridgehead atoms. The standard InChI is InChI=1S/C9H9F6NOS/c1-4-3-18-6(16-4)2-5(17)7(8(10,11)12)9(13,14)15/h3,5,7,17H,2H2,1H3. The van der Waals surface area contributed by atoms with E-state index in [-0.39, 0.29) is 5.01 Å². The van der Waals surface area contributed by atoms with Crippen molar-refractivity contribution in [1.29, 1.82) is 0 Å². The number of aromatic nitrogens is 1. The number of thiazole rings is 1. The molecule has 0 spiro atoms. The van der Waals surface area contributed by atoms with Crippen LogP contribution in [0.3, 0.4) is 0 Å². The maximum Gasteiger partial charge on any atom is 0.403 e. The molecule has 104 valence electrons. The molecule has 9 heteroatoms. The Labute approximate surface area is 102 Å². The largest absolute Gasteiger partial charge is 0.403 e. The normalized spacial score (nSPS) is 15.2. The summed E-state index contributed by atoms with van der Waals surface area (Å²) in [6.45, 7) is 1.55. The molecule has 1 heterocycles. The lowest BCUT2D eigenvalue weighted by Crippen LogP contribution is -2.45. The summed E-state index contributed by atoms with van der Waals surface area (Å²) in [4.78, 5) is 3.72. The van der Waals surface area contributed by atoms with E-state index in [1.165, 1.54) is 5.38 Å². The number of alkyl halides is 6. The van der Waals surface area contributed by atoms with E-state index < -0.39 is 30.8 Å². The molecule has 0 aliphatic heterocycles. The van der Waals surface area contributed by atoms with Gasteiger partial charge in [-0.15, -0.1) is 11.3 Å². The Kier molecular flexibility index (Phi) is 4.26. The Morgan fingerprint density at radius 3 is 2.06 bits per heavy atom. The first kappa shape index (κ1) is 15.2. The fraction of sp³-hybridized carbons (Fsp3) is 0.667. The van der Waals surface area contributed by atoms with Gasteiger partial charge >= 0.3 is 12.4 Å². The van der Waals surface area contributed by atoms with Gasteiger partial charge in [0.2, 0.25) is 0 Å². The second-order valence-electron chi connectivity index (χ2n) is 3.71. The number of halogens is 6. The van der Waals surface area contributed by atoms with Crippen LogP contribution in [0.5, 0.6) is 0 Å². The third-order valence-electron chi connectivity index (χ3n) is 2.14. The van der Waals surface area contributed by atoms with Gasteiger partial charge in [-0.3, -0.25) is 0 Å². The van der Waals surface area contributed by atoms with Crippen LogP contribution in [-0.4, -0.2) is 28.5 Å². The first-order valence-corrected chi connectivity index (χ1v) is 5.62. The summed E-state index contributed by atoms with van der Waals surface area (Å²) in [7, 11) is 0. The summed E-state index contributed by atoms with van der Waals surface area (Å²) in [6.07, 6.45) is -14.4. The van der Waals surface area contributed by atoms with Crippen molar-refractivity contribution in [2.75, 3.05) is 0 Å². The summed E-state index contributed by atoms with van der Waals surface area (Å²) in [6, 6.07) is 0. The van der Waals surface area contributed by atoms with Crippen LogP contribution in [-0.2, 0) is 6.42 Å². The predicted molar refractivity (Wildman–Crippen MR) is 52.2 cm³/mol. The quantitative estimate of drug-likeness (QED) is 0.869. The molecule has 1 atom stereocenters. The highest BCUT2D eigenvalue weighted by Gasteiger charge is 2.60. The van der Waals surface area contributed by atoms with Crippen LogP contribution in [0.1, 0.15) is 10.7 Å². The van der Waals surface area contributed by atoms with Gasteiger partial charge in [0.15, 0.2) is 5.92 Å². The molecule has 0 fully saturated rings. The maximum atomic E-state index is 12.3. The van der Waals surface area contributed by atoms with Gasteiger partial charge in [0, 0.05) is 17.5 Å². The van der Waals surface area contributed by atoms with Crippen molar-refractivity contribution in [1.82, 2.24) is 4.98 Å². The van der Waals surface area contributed by atoms with Crippen molar-refractivity contribution in [2.45, 2.75) is 31.8 Å². The highest BCUT2D eigenvalue weighted by molar-refractivity contribution is 7.09. The summed E-state index contributed by atoms with van der Waals surface area (Å²) in [5.41, 5.74) is 0.484. The van der Waals surface area contributed by atoms with Crippen molar-refractivity contribution < 1.29 is 31.4 Å². The number of aliphatic hydroxyl groups excluding tert-OH is 1. The van der Waals surface area contributed by atoms with Crippen LogP contribution in [0.4, 0.5) is 26.3 Å². The van der Waals surface area contributed by atoms with Crippen LogP contribution in [0.2, 0.25) is 0 Å². The molecule has 2 nitrogen and oxygen atoms in total. The summed E-state index contributed by atoms with van der Waals surface area (Å²) < 4.78 is 73.7. The van der Waals surface area contributed by atoms with Gasteiger partial charge in [0.1, 0.15) is 0 Å². The lowest BCUT2D eigenvalue weighted by molar-refractivity contribution is -0.305. The maximum absolute atomic E-state index is 12.3. The molecule has 0 saturated carbocycles. The summed E-state index contributed by atoms with van der Waals surface area (Å²) >= 11 is 0.911. The fourth-order valence-corrected chi connectivity index (χ4v) is 2.24. The van der Waals surface area contributed by atoms with Crippen LogP contribution < -0.4 is 0 Å². The third-order valence-corrected chi connectivity index (χ3v) is 3.13. The molecule has 0 amide bonds. The Hall–Kier alpha value is -0.830. The second-order valence-corrected chi connectivity index (χ2v) is 4.66. The number of rotatable bonds is 3. The van der Waals surface area contributed by atoms with Gasteiger partial charge in [-0.2, -0.15) is 26.3 Å². The number of aliphatic hydroxyl groups is 1. The van der Waals surface area contributed by atoms with Crippen LogP contribution >= 0.6 is 11.3 Å². The van der Waals surface area contributed by atoms with Gasteiger partial charge in [0.05, 0.1) is 11.1 Å². The van der Waals surface area contributed by atoms with Gasteiger partial charge in [0.25, 0.3) is 0 Å². The van der Waals surface area contributed by atoms with Crippen molar-refractivity contribution in [3.63, 3.8) is 0 Å². The van der Waals surface area contributed by atoms with Crippen molar-refractivity contribution in [2.24, 2.45) is 5.92 Å². The summed E-state index contributed by atoms with van der Waals surface area (Å²) in [5, 5.41) is 10.7. The van der Waals surface area contributed by atoms with E-state index in [4.69, 9.17) is 5.11 Å². The minimum absolute atomic E-state index is 0.0403. The van der Waals surface area contributed by atoms with E-state index in [1.54, 1.807) is 6.92 Å². The monoisotopic (exact) mass is 293 g/mol. The van der Waals surface area contributed by atoms with Crippen LogP contribution in [0, 0.1) is 12.8 Å². The summed E-state index contributed by atoms with van der Waals surface area (Å²) in [5.74, 6) is -3.76. The highest BCUT2D eigenvalue weighted by Crippen LogP contribution is 2.42. The molecule has 0 aliphatic carbocycles.